The maximum absolute atomic E-state index is 13.1. The molecule has 1 amide bonds. The molecule has 7 nitrogen and oxygen atoms in total. The van der Waals surface area contributed by atoms with Crippen molar-refractivity contribution in [2.75, 3.05) is 32.9 Å². The molecular formula is C23H32ClN3O4S. The maximum Gasteiger partial charge on any atom is 0.227 e. The van der Waals surface area contributed by atoms with Crippen molar-refractivity contribution in [3.63, 3.8) is 0 Å². The van der Waals surface area contributed by atoms with E-state index in [4.69, 9.17) is 5.73 Å². The largest absolute Gasteiger partial charge is 0.392 e. The number of carbonyl (C=O) groups excluding carboxylic acids is 1. The molecule has 0 aliphatic carbocycles. The molecular weight excluding hydrogens is 450 g/mol. The number of sulfone groups is 1. The minimum Gasteiger partial charge on any atom is -0.392 e. The van der Waals surface area contributed by atoms with Crippen LogP contribution in [0.25, 0.3) is 0 Å². The molecule has 1 saturated heterocycles. The van der Waals surface area contributed by atoms with Gasteiger partial charge in [0.1, 0.15) is 5.37 Å². The lowest BCUT2D eigenvalue weighted by Gasteiger charge is -2.32. The molecule has 3 atom stereocenters. The second kappa shape index (κ2) is 11.2. The van der Waals surface area contributed by atoms with Gasteiger partial charge in [0.2, 0.25) is 5.91 Å². The fourth-order valence-electron chi connectivity index (χ4n) is 3.89. The highest BCUT2D eigenvalue weighted by Crippen LogP contribution is 2.24. The zero-order chi connectivity index (χ0) is 22.6. The third kappa shape index (κ3) is 6.76. The van der Waals surface area contributed by atoms with Crippen LogP contribution in [0.3, 0.4) is 0 Å². The predicted octanol–water partition coefficient (Wildman–Crippen LogP) is 1.92. The fourth-order valence-corrected chi connectivity index (χ4v) is 4.55. The van der Waals surface area contributed by atoms with Crippen LogP contribution < -0.4 is 5.73 Å². The average Bonchev–Trinajstić information content (AvgIpc) is 3.16. The number of likely N-dealkylation sites (tertiary alicyclic amines) is 1. The van der Waals surface area contributed by atoms with Crippen molar-refractivity contribution in [1.29, 1.82) is 0 Å². The molecule has 0 bridgehead atoms. The van der Waals surface area contributed by atoms with E-state index in [-0.39, 0.29) is 36.9 Å². The Hall–Kier alpha value is -1.97. The number of aliphatic hydroxyl groups excluding tert-OH is 1. The van der Waals surface area contributed by atoms with Crippen molar-refractivity contribution in [3.05, 3.63) is 71.3 Å². The first-order valence-electron chi connectivity index (χ1n) is 10.4. The highest BCUT2D eigenvalue weighted by molar-refractivity contribution is 7.90. The van der Waals surface area contributed by atoms with E-state index in [1.807, 2.05) is 30.3 Å². The number of nitrogens with two attached hydrogens (primary N) is 1. The van der Waals surface area contributed by atoms with Gasteiger partial charge in [0, 0.05) is 32.9 Å². The molecule has 0 spiro atoms. The molecule has 32 heavy (non-hydrogen) atoms. The Kier molecular flexibility index (Phi) is 9.24. The van der Waals surface area contributed by atoms with Crippen LogP contribution in [-0.2, 0) is 21.1 Å². The van der Waals surface area contributed by atoms with Crippen molar-refractivity contribution in [2.24, 2.45) is 5.73 Å². The van der Waals surface area contributed by atoms with Gasteiger partial charge in [-0.3, -0.25) is 9.69 Å². The van der Waals surface area contributed by atoms with Crippen molar-refractivity contribution in [2.45, 2.75) is 30.4 Å². The van der Waals surface area contributed by atoms with Crippen molar-refractivity contribution in [3.8, 4) is 0 Å². The van der Waals surface area contributed by atoms with Crippen molar-refractivity contribution >= 4 is 28.2 Å². The zero-order valence-corrected chi connectivity index (χ0v) is 20.1. The summed E-state index contributed by atoms with van der Waals surface area (Å²) in [6, 6.07) is 16.6. The molecule has 9 heteroatoms. The Balaban J connectivity index is 0.00000363. The van der Waals surface area contributed by atoms with Gasteiger partial charge in [0.15, 0.2) is 9.84 Å². The Bertz CT molecular complexity index is 986. The van der Waals surface area contributed by atoms with Crippen LogP contribution in [0.2, 0.25) is 0 Å². The van der Waals surface area contributed by atoms with E-state index in [2.05, 4.69) is 4.90 Å². The number of halogens is 1. The van der Waals surface area contributed by atoms with Gasteiger partial charge in [-0.2, -0.15) is 0 Å². The van der Waals surface area contributed by atoms with Crippen LogP contribution in [0.1, 0.15) is 34.5 Å². The summed E-state index contributed by atoms with van der Waals surface area (Å²) in [5.74, 6) is -0.0336. The lowest BCUT2D eigenvalue weighted by Crippen LogP contribution is -2.39. The standard InChI is InChI=1S/C23H31N3O4S.ClH/c1-25(21(18-6-4-3-5-7-18)16-26-13-12-20(27)15-26)22(28)14-17-8-10-19(11-9-17)23(24)31(2,29)30;/h3-11,20-21,23,27H,12-16,24H2,1-2H3;1H. The van der Waals surface area contributed by atoms with Gasteiger partial charge in [-0.1, -0.05) is 54.6 Å². The van der Waals surface area contributed by atoms with Gasteiger partial charge in [-0.25, -0.2) is 8.42 Å². The number of carbonyl (C=O) groups is 1. The van der Waals surface area contributed by atoms with Crippen LogP contribution >= 0.6 is 12.4 Å². The lowest BCUT2D eigenvalue weighted by atomic mass is 10.0. The summed E-state index contributed by atoms with van der Waals surface area (Å²) < 4.78 is 23.3. The highest BCUT2D eigenvalue weighted by atomic mass is 35.5. The Labute approximate surface area is 196 Å². The minimum absolute atomic E-state index is 0. The van der Waals surface area contributed by atoms with Gasteiger partial charge < -0.3 is 15.7 Å². The molecule has 3 N–H and O–H groups in total. The van der Waals surface area contributed by atoms with Crippen LogP contribution in [0.4, 0.5) is 0 Å². The Morgan fingerprint density at radius 3 is 2.31 bits per heavy atom. The Morgan fingerprint density at radius 1 is 1.16 bits per heavy atom. The van der Waals surface area contributed by atoms with Crippen LogP contribution in [0.15, 0.2) is 54.6 Å². The summed E-state index contributed by atoms with van der Waals surface area (Å²) in [4.78, 5) is 17.0. The van der Waals surface area contributed by atoms with Crippen LogP contribution in [-0.4, -0.2) is 68.3 Å². The number of benzene rings is 2. The second-order valence-corrected chi connectivity index (χ2v) is 10.5. The number of rotatable bonds is 8. The molecule has 3 rings (SSSR count). The molecule has 176 valence electrons. The van der Waals surface area contributed by atoms with E-state index in [1.165, 1.54) is 0 Å². The fraction of sp³-hybridized carbons (Fsp3) is 0.435. The summed E-state index contributed by atoms with van der Waals surface area (Å²) in [6.45, 7) is 2.09. The van der Waals surface area contributed by atoms with Gasteiger partial charge in [0.25, 0.3) is 0 Å². The number of β-amino-alcohol motifs (C(OH)–C–C–N with tert-alkyl or cyclic N) is 1. The molecule has 2 aromatic rings. The van der Waals surface area contributed by atoms with Crippen molar-refractivity contribution < 1.29 is 18.3 Å². The normalized spacial score (nSPS) is 18.6. The van der Waals surface area contributed by atoms with Gasteiger partial charge in [0.05, 0.1) is 18.6 Å². The number of aliphatic hydroxyl groups is 1. The highest BCUT2D eigenvalue weighted by Gasteiger charge is 2.28. The molecule has 1 heterocycles. The van der Waals surface area contributed by atoms with E-state index in [1.54, 1.807) is 36.2 Å². The van der Waals surface area contributed by atoms with E-state index in [9.17, 15) is 18.3 Å². The number of amides is 1. The van der Waals surface area contributed by atoms with E-state index in [0.29, 0.717) is 18.7 Å². The topological polar surface area (TPSA) is 104 Å². The SMILES string of the molecule is CN(C(=O)Cc1ccc(C(N)S(C)(=O)=O)cc1)C(CN1CCC(O)C1)c1ccccc1.Cl. The maximum atomic E-state index is 13.1. The predicted molar refractivity (Wildman–Crippen MR) is 128 cm³/mol. The van der Waals surface area contributed by atoms with Crippen LogP contribution in [0.5, 0.6) is 0 Å². The van der Waals surface area contributed by atoms with Gasteiger partial charge in [-0.05, 0) is 23.1 Å². The van der Waals surface area contributed by atoms with Crippen LogP contribution in [0, 0.1) is 0 Å². The third-order valence-corrected chi connectivity index (χ3v) is 7.04. The van der Waals surface area contributed by atoms with Gasteiger partial charge >= 0.3 is 0 Å². The molecule has 0 saturated carbocycles. The van der Waals surface area contributed by atoms with E-state index < -0.39 is 15.2 Å². The first kappa shape index (κ1) is 26.3. The summed E-state index contributed by atoms with van der Waals surface area (Å²) in [7, 11) is -1.58. The first-order chi connectivity index (χ1) is 14.6. The lowest BCUT2D eigenvalue weighted by molar-refractivity contribution is -0.131. The molecule has 0 radical (unpaired) electrons. The molecule has 1 aliphatic heterocycles. The first-order valence-corrected chi connectivity index (χ1v) is 12.3. The van der Waals surface area contributed by atoms with Crippen molar-refractivity contribution in [1.82, 2.24) is 9.80 Å². The van der Waals surface area contributed by atoms with E-state index >= 15 is 0 Å². The van der Waals surface area contributed by atoms with E-state index in [0.717, 1.165) is 30.3 Å². The number of hydrogen-bond acceptors (Lipinski definition) is 6. The summed E-state index contributed by atoms with van der Waals surface area (Å²) in [5, 5.41) is 8.80. The number of nitrogens with zero attached hydrogens (tertiary/aromatic N) is 2. The second-order valence-electron chi connectivity index (χ2n) is 8.30. The smallest absolute Gasteiger partial charge is 0.227 e. The zero-order valence-electron chi connectivity index (χ0n) is 18.4. The number of likely N-dealkylation sites (N-methyl/N-ethyl adjacent to an activating group) is 1. The molecule has 3 unspecified atom stereocenters. The number of hydrogen-bond donors (Lipinski definition) is 2. The Morgan fingerprint density at radius 2 is 1.78 bits per heavy atom. The molecule has 2 aromatic carbocycles. The third-order valence-electron chi connectivity index (χ3n) is 5.85. The monoisotopic (exact) mass is 481 g/mol. The quantitative estimate of drug-likeness (QED) is 0.597. The minimum atomic E-state index is -3.38. The summed E-state index contributed by atoms with van der Waals surface area (Å²) in [6.07, 6.45) is 1.75. The summed E-state index contributed by atoms with van der Waals surface area (Å²) in [5.41, 5.74) is 8.13. The average molecular weight is 482 g/mol. The molecule has 0 aromatic heterocycles. The summed E-state index contributed by atoms with van der Waals surface area (Å²) >= 11 is 0. The van der Waals surface area contributed by atoms with Gasteiger partial charge in [-0.15, -0.1) is 12.4 Å². The molecule has 1 aliphatic rings. The molecule has 1 fully saturated rings.